The van der Waals surface area contributed by atoms with Gasteiger partial charge in [-0.1, -0.05) is 0 Å². The Balaban J connectivity index is 2.25. The summed E-state index contributed by atoms with van der Waals surface area (Å²) in [5, 5.41) is 2.87. The van der Waals surface area contributed by atoms with Crippen LogP contribution in [0.1, 0.15) is 21.5 Å². The molecule has 0 fully saturated rings. The van der Waals surface area contributed by atoms with Crippen molar-refractivity contribution >= 4 is 5.91 Å². The molecule has 2 aromatic rings. The van der Waals surface area contributed by atoms with Crippen LogP contribution >= 0.6 is 0 Å². The third-order valence-corrected chi connectivity index (χ3v) is 4.24. The number of amides is 1. The van der Waals surface area contributed by atoms with Crippen molar-refractivity contribution in [1.29, 1.82) is 0 Å². The molecular weight excluding hydrogens is 350 g/mol. The molecule has 0 bridgehead atoms. The van der Waals surface area contributed by atoms with Gasteiger partial charge in [0.1, 0.15) is 17.2 Å². The van der Waals surface area contributed by atoms with E-state index < -0.39 is 0 Å². The first-order valence-corrected chi connectivity index (χ1v) is 8.28. The van der Waals surface area contributed by atoms with Crippen LogP contribution in [0, 0.1) is 6.92 Å². The number of rotatable bonds is 8. The lowest BCUT2D eigenvalue weighted by Gasteiger charge is -2.15. The molecule has 146 valence electrons. The van der Waals surface area contributed by atoms with Crippen LogP contribution in [0.15, 0.2) is 24.3 Å². The van der Waals surface area contributed by atoms with Crippen molar-refractivity contribution in [3.8, 4) is 28.7 Å². The Kier molecular flexibility index (Phi) is 6.76. The molecule has 0 heterocycles. The second kappa shape index (κ2) is 9.02. The highest BCUT2D eigenvalue weighted by molar-refractivity contribution is 5.95. The summed E-state index contributed by atoms with van der Waals surface area (Å²) in [6.45, 7) is 2.12. The molecule has 0 saturated carbocycles. The van der Waals surface area contributed by atoms with Gasteiger partial charge in [0.15, 0.2) is 11.5 Å². The maximum absolute atomic E-state index is 12.6. The second-order valence-electron chi connectivity index (χ2n) is 5.71. The van der Waals surface area contributed by atoms with Gasteiger partial charge in [0.05, 0.1) is 35.5 Å². The number of hydrogen-bond acceptors (Lipinski definition) is 6. The zero-order valence-corrected chi connectivity index (χ0v) is 16.5. The highest BCUT2D eigenvalue weighted by Gasteiger charge is 2.16. The molecule has 0 aliphatic heterocycles. The van der Waals surface area contributed by atoms with Crippen LogP contribution in [0.2, 0.25) is 0 Å². The SMILES string of the molecule is COc1cc(OC)c(OC)cc1CNC(=O)c1cc(OC)c(C)c(OC)c1. The molecule has 2 aromatic carbocycles. The largest absolute Gasteiger partial charge is 0.496 e. The van der Waals surface area contributed by atoms with Gasteiger partial charge in [0.25, 0.3) is 5.91 Å². The smallest absolute Gasteiger partial charge is 0.251 e. The molecule has 0 atom stereocenters. The summed E-state index contributed by atoms with van der Waals surface area (Å²) in [4.78, 5) is 12.6. The number of hydrogen-bond donors (Lipinski definition) is 1. The first-order chi connectivity index (χ1) is 13.0. The van der Waals surface area contributed by atoms with Crippen molar-refractivity contribution in [2.75, 3.05) is 35.5 Å². The lowest BCUT2D eigenvalue weighted by atomic mass is 10.1. The molecule has 0 aliphatic carbocycles. The van der Waals surface area contributed by atoms with Gasteiger partial charge in [-0.05, 0) is 25.1 Å². The fourth-order valence-corrected chi connectivity index (χ4v) is 2.73. The molecule has 7 nitrogen and oxygen atoms in total. The van der Waals surface area contributed by atoms with Crippen molar-refractivity contribution < 1.29 is 28.5 Å². The zero-order chi connectivity index (χ0) is 20.0. The van der Waals surface area contributed by atoms with E-state index in [4.69, 9.17) is 23.7 Å². The van der Waals surface area contributed by atoms with Crippen molar-refractivity contribution in [3.63, 3.8) is 0 Å². The first kappa shape index (κ1) is 20.2. The average Bonchev–Trinajstić information content (AvgIpc) is 2.71. The molecule has 0 spiro atoms. The summed E-state index contributed by atoms with van der Waals surface area (Å²) in [5.74, 6) is 2.61. The summed E-state index contributed by atoms with van der Waals surface area (Å²) < 4.78 is 26.6. The number of carbonyl (C=O) groups excluding carboxylic acids is 1. The minimum Gasteiger partial charge on any atom is -0.496 e. The van der Waals surface area contributed by atoms with Gasteiger partial charge < -0.3 is 29.0 Å². The number of carbonyl (C=O) groups is 1. The van der Waals surface area contributed by atoms with Crippen molar-refractivity contribution in [3.05, 3.63) is 41.0 Å². The minimum atomic E-state index is -0.261. The van der Waals surface area contributed by atoms with E-state index in [1.807, 2.05) is 6.92 Å². The maximum Gasteiger partial charge on any atom is 0.251 e. The van der Waals surface area contributed by atoms with Crippen LogP contribution < -0.4 is 29.0 Å². The Hall–Kier alpha value is -3.09. The standard InChI is InChI=1S/C20H25NO6/c1-12-15(23-2)7-13(8-16(12)24-3)20(22)21-11-14-9-18(26-5)19(27-6)10-17(14)25-4/h7-10H,11H2,1-6H3,(H,21,22). The predicted octanol–water partition coefficient (Wildman–Crippen LogP) is 2.97. The third-order valence-electron chi connectivity index (χ3n) is 4.24. The van der Waals surface area contributed by atoms with Gasteiger partial charge in [-0.2, -0.15) is 0 Å². The molecule has 1 N–H and O–H groups in total. The van der Waals surface area contributed by atoms with E-state index in [1.165, 1.54) is 0 Å². The third kappa shape index (κ3) is 4.36. The fourth-order valence-electron chi connectivity index (χ4n) is 2.73. The van der Waals surface area contributed by atoms with Gasteiger partial charge in [-0.25, -0.2) is 0 Å². The highest BCUT2D eigenvalue weighted by Crippen LogP contribution is 2.34. The molecule has 7 heteroatoms. The predicted molar refractivity (Wildman–Crippen MR) is 102 cm³/mol. The summed E-state index contributed by atoms with van der Waals surface area (Å²) in [7, 11) is 7.77. The Bertz CT molecular complexity index is 793. The molecule has 0 aromatic heterocycles. The Labute approximate surface area is 159 Å². The van der Waals surface area contributed by atoms with E-state index in [9.17, 15) is 4.79 Å². The van der Waals surface area contributed by atoms with Crippen LogP contribution in [0.5, 0.6) is 28.7 Å². The van der Waals surface area contributed by atoms with E-state index in [2.05, 4.69) is 5.32 Å². The van der Waals surface area contributed by atoms with Crippen LogP contribution in [0.4, 0.5) is 0 Å². The fraction of sp³-hybridized carbons (Fsp3) is 0.350. The number of nitrogens with one attached hydrogen (secondary N) is 1. The molecule has 0 unspecified atom stereocenters. The lowest BCUT2D eigenvalue weighted by molar-refractivity contribution is 0.0950. The molecule has 0 radical (unpaired) electrons. The molecule has 27 heavy (non-hydrogen) atoms. The van der Waals surface area contributed by atoms with Crippen molar-refractivity contribution in [2.24, 2.45) is 0 Å². The number of methoxy groups -OCH3 is 5. The van der Waals surface area contributed by atoms with E-state index in [0.717, 1.165) is 11.1 Å². The molecular formula is C20H25NO6. The van der Waals surface area contributed by atoms with Gasteiger partial charge in [0.2, 0.25) is 0 Å². The first-order valence-electron chi connectivity index (χ1n) is 8.28. The summed E-state index contributed by atoms with van der Waals surface area (Å²) in [6.07, 6.45) is 0. The maximum atomic E-state index is 12.6. The zero-order valence-electron chi connectivity index (χ0n) is 16.5. The summed E-state index contributed by atoms with van der Waals surface area (Å²) >= 11 is 0. The van der Waals surface area contributed by atoms with Gasteiger partial charge >= 0.3 is 0 Å². The van der Waals surface area contributed by atoms with Gasteiger partial charge in [-0.15, -0.1) is 0 Å². The van der Waals surface area contributed by atoms with Crippen LogP contribution in [0.25, 0.3) is 0 Å². The Morgan fingerprint density at radius 1 is 0.741 bits per heavy atom. The van der Waals surface area contributed by atoms with Gasteiger partial charge in [-0.3, -0.25) is 4.79 Å². The van der Waals surface area contributed by atoms with Crippen LogP contribution in [-0.4, -0.2) is 41.5 Å². The monoisotopic (exact) mass is 375 g/mol. The normalized spacial score (nSPS) is 10.1. The average molecular weight is 375 g/mol. The van der Waals surface area contributed by atoms with Crippen molar-refractivity contribution in [1.82, 2.24) is 5.32 Å². The van der Waals surface area contributed by atoms with E-state index in [0.29, 0.717) is 34.3 Å². The lowest BCUT2D eigenvalue weighted by Crippen LogP contribution is -2.23. The highest BCUT2D eigenvalue weighted by atomic mass is 16.5. The summed E-state index contributed by atoms with van der Waals surface area (Å²) in [6, 6.07) is 6.85. The molecule has 0 aliphatic rings. The van der Waals surface area contributed by atoms with E-state index >= 15 is 0 Å². The summed E-state index contributed by atoms with van der Waals surface area (Å²) in [5.41, 5.74) is 2.03. The topological polar surface area (TPSA) is 75.2 Å². The van der Waals surface area contributed by atoms with Crippen LogP contribution in [0.3, 0.4) is 0 Å². The molecule has 1 amide bonds. The Morgan fingerprint density at radius 3 is 1.70 bits per heavy atom. The number of ether oxygens (including phenoxy) is 5. The minimum absolute atomic E-state index is 0.251. The molecule has 2 rings (SSSR count). The van der Waals surface area contributed by atoms with Gasteiger partial charge in [0, 0.05) is 29.3 Å². The number of benzene rings is 2. The molecule has 0 saturated heterocycles. The van der Waals surface area contributed by atoms with E-state index in [-0.39, 0.29) is 12.5 Å². The van der Waals surface area contributed by atoms with Crippen molar-refractivity contribution in [2.45, 2.75) is 13.5 Å². The second-order valence-corrected chi connectivity index (χ2v) is 5.71. The van der Waals surface area contributed by atoms with Crippen LogP contribution in [-0.2, 0) is 6.54 Å². The Morgan fingerprint density at radius 2 is 1.22 bits per heavy atom. The quantitative estimate of drug-likeness (QED) is 0.765. The van der Waals surface area contributed by atoms with E-state index in [1.54, 1.807) is 59.8 Å².